The number of aromatic nitrogens is 1. The molecule has 1 heterocycles. The Kier molecular flexibility index (Phi) is 6.33. The molecule has 27 heavy (non-hydrogen) atoms. The molecule has 144 valence electrons. The summed E-state index contributed by atoms with van der Waals surface area (Å²) >= 11 is 0. The van der Waals surface area contributed by atoms with Crippen molar-refractivity contribution in [2.24, 2.45) is 0 Å². The summed E-state index contributed by atoms with van der Waals surface area (Å²) in [7, 11) is 0. The van der Waals surface area contributed by atoms with E-state index >= 15 is 0 Å². The average molecular weight is 375 g/mol. The van der Waals surface area contributed by atoms with Crippen LogP contribution in [0.15, 0.2) is 36.5 Å². The van der Waals surface area contributed by atoms with E-state index in [9.17, 15) is 14.0 Å². The summed E-state index contributed by atoms with van der Waals surface area (Å²) in [5.41, 5.74) is 0.0723. The average Bonchev–Trinajstić information content (AvgIpc) is 2.53. The van der Waals surface area contributed by atoms with E-state index in [2.05, 4.69) is 15.6 Å². The van der Waals surface area contributed by atoms with E-state index < -0.39 is 17.5 Å². The second-order valence-electron chi connectivity index (χ2n) is 6.79. The third kappa shape index (κ3) is 6.93. The van der Waals surface area contributed by atoms with Gasteiger partial charge in [0.05, 0.1) is 5.69 Å². The lowest BCUT2D eigenvalue weighted by Crippen LogP contribution is -2.27. The summed E-state index contributed by atoms with van der Waals surface area (Å²) in [4.78, 5) is 26.8. The third-order valence-electron chi connectivity index (χ3n) is 3.11. The van der Waals surface area contributed by atoms with E-state index in [0.717, 1.165) is 5.56 Å². The summed E-state index contributed by atoms with van der Waals surface area (Å²) in [5.74, 6) is -0.172. The number of ether oxygens (including phenoxy) is 2. The monoisotopic (exact) mass is 375 g/mol. The van der Waals surface area contributed by atoms with Crippen LogP contribution < -0.4 is 15.4 Å². The first kappa shape index (κ1) is 20.2. The molecule has 0 radical (unpaired) electrons. The van der Waals surface area contributed by atoms with Crippen LogP contribution in [0.3, 0.4) is 0 Å². The van der Waals surface area contributed by atoms with Gasteiger partial charge in [-0.1, -0.05) is 0 Å². The van der Waals surface area contributed by atoms with Crippen molar-refractivity contribution in [1.82, 2.24) is 4.98 Å². The summed E-state index contributed by atoms with van der Waals surface area (Å²) in [6.07, 6.45) is 0.802. The number of amides is 2. The number of carbonyl (C=O) groups excluding carboxylic acids is 2. The number of pyridine rings is 1. The van der Waals surface area contributed by atoms with Crippen LogP contribution >= 0.6 is 0 Å². The van der Waals surface area contributed by atoms with Gasteiger partial charge in [0.25, 0.3) is 0 Å². The van der Waals surface area contributed by atoms with Crippen LogP contribution in [0.1, 0.15) is 33.3 Å². The molecule has 0 atom stereocenters. The van der Waals surface area contributed by atoms with E-state index in [1.54, 1.807) is 39.1 Å². The molecule has 0 fully saturated rings. The second-order valence-corrected chi connectivity index (χ2v) is 6.79. The van der Waals surface area contributed by atoms with Crippen LogP contribution in [0.25, 0.3) is 0 Å². The van der Waals surface area contributed by atoms with Crippen LogP contribution in [0, 0.1) is 5.82 Å². The summed E-state index contributed by atoms with van der Waals surface area (Å²) in [6.45, 7) is 6.71. The maximum Gasteiger partial charge on any atom is 0.412 e. The zero-order valence-corrected chi connectivity index (χ0v) is 15.6. The van der Waals surface area contributed by atoms with Crippen molar-refractivity contribution in [2.45, 2.75) is 39.9 Å². The molecule has 0 unspecified atom stereocenters. The molecule has 2 N–H and O–H groups in total. The fourth-order valence-corrected chi connectivity index (χ4v) is 2.08. The Bertz CT molecular complexity index is 834. The first-order chi connectivity index (χ1) is 12.6. The molecule has 0 aliphatic heterocycles. The third-order valence-corrected chi connectivity index (χ3v) is 3.11. The maximum atomic E-state index is 14.2. The van der Waals surface area contributed by atoms with Crippen molar-refractivity contribution in [3.05, 3.63) is 47.9 Å². The Morgan fingerprint density at radius 1 is 1.15 bits per heavy atom. The molecule has 0 aliphatic rings. The predicted molar refractivity (Wildman–Crippen MR) is 99.1 cm³/mol. The van der Waals surface area contributed by atoms with Crippen molar-refractivity contribution >= 4 is 23.5 Å². The first-order valence-electron chi connectivity index (χ1n) is 8.27. The van der Waals surface area contributed by atoms with Gasteiger partial charge in [0.15, 0.2) is 5.82 Å². The van der Waals surface area contributed by atoms with Crippen molar-refractivity contribution < 1.29 is 23.5 Å². The van der Waals surface area contributed by atoms with Gasteiger partial charge in [-0.2, -0.15) is 0 Å². The fraction of sp³-hybridized carbons (Fsp3) is 0.316. The summed E-state index contributed by atoms with van der Waals surface area (Å²) < 4.78 is 24.8. The van der Waals surface area contributed by atoms with Crippen molar-refractivity contribution in [2.75, 3.05) is 10.6 Å². The van der Waals surface area contributed by atoms with Gasteiger partial charge >= 0.3 is 6.09 Å². The van der Waals surface area contributed by atoms with Crippen LogP contribution in [-0.2, 0) is 16.1 Å². The van der Waals surface area contributed by atoms with Crippen LogP contribution in [0.5, 0.6) is 5.75 Å². The highest BCUT2D eigenvalue weighted by Crippen LogP contribution is 2.22. The smallest absolute Gasteiger partial charge is 0.412 e. The second kappa shape index (κ2) is 8.48. The number of nitrogens with one attached hydrogen (secondary N) is 2. The predicted octanol–water partition coefficient (Wildman–Crippen LogP) is 4.11. The highest BCUT2D eigenvalue weighted by atomic mass is 19.1. The lowest BCUT2D eigenvalue weighted by Gasteiger charge is -2.19. The molecule has 0 aliphatic carbocycles. The van der Waals surface area contributed by atoms with Gasteiger partial charge < -0.3 is 14.8 Å². The van der Waals surface area contributed by atoms with E-state index in [1.807, 2.05) is 0 Å². The molecule has 0 spiro atoms. The molecule has 0 saturated heterocycles. The Hall–Kier alpha value is -3.16. The van der Waals surface area contributed by atoms with Gasteiger partial charge in [-0.25, -0.2) is 14.2 Å². The minimum absolute atomic E-state index is 0.00606. The van der Waals surface area contributed by atoms with Crippen molar-refractivity contribution in [3.8, 4) is 5.75 Å². The van der Waals surface area contributed by atoms with Crippen LogP contribution in [0.2, 0.25) is 0 Å². The van der Waals surface area contributed by atoms with Gasteiger partial charge in [0.1, 0.15) is 23.8 Å². The molecular weight excluding hydrogens is 353 g/mol. The Balaban J connectivity index is 1.98. The molecule has 2 aromatic rings. The van der Waals surface area contributed by atoms with E-state index in [1.165, 1.54) is 25.1 Å². The topological polar surface area (TPSA) is 89.6 Å². The highest BCUT2D eigenvalue weighted by Gasteiger charge is 2.17. The van der Waals surface area contributed by atoms with Crippen LogP contribution in [0.4, 0.5) is 20.7 Å². The number of nitrogens with zero attached hydrogens (tertiary/aromatic N) is 1. The van der Waals surface area contributed by atoms with Gasteiger partial charge in [0, 0.05) is 19.2 Å². The summed E-state index contributed by atoms with van der Waals surface area (Å²) in [6, 6.07) is 7.48. The first-order valence-corrected chi connectivity index (χ1v) is 8.27. The van der Waals surface area contributed by atoms with Gasteiger partial charge in [-0.3, -0.25) is 10.1 Å². The zero-order chi connectivity index (χ0) is 20.0. The molecule has 8 heteroatoms. The Morgan fingerprint density at radius 2 is 1.89 bits per heavy atom. The highest BCUT2D eigenvalue weighted by molar-refractivity contribution is 5.87. The van der Waals surface area contributed by atoms with Crippen molar-refractivity contribution in [3.63, 3.8) is 0 Å². The standard InChI is InChI=1S/C19H22FN3O4/c1-12(24)22-17-9-13(7-8-21-17)11-26-14-5-6-16(15(20)10-14)23-18(25)27-19(2,3)4/h5-10H,11H2,1-4H3,(H,23,25)(H,21,22,24). The quantitative estimate of drug-likeness (QED) is 0.821. The van der Waals surface area contributed by atoms with Crippen LogP contribution in [-0.4, -0.2) is 22.6 Å². The van der Waals surface area contributed by atoms with Gasteiger partial charge in [-0.05, 0) is 50.6 Å². The molecule has 0 saturated carbocycles. The molecule has 2 amide bonds. The van der Waals surface area contributed by atoms with E-state index in [-0.39, 0.29) is 18.2 Å². The molecular formula is C19H22FN3O4. The Labute approximate surface area is 156 Å². The molecule has 0 bridgehead atoms. The molecule has 2 rings (SSSR count). The lowest BCUT2D eigenvalue weighted by atomic mass is 10.2. The molecule has 1 aromatic heterocycles. The SMILES string of the molecule is CC(=O)Nc1cc(COc2ccc(NC(=O)OC(C)(C)C)c(F)c2)ccn1. The molecule has 1 aromatic carbocycles. The normalized spacial score (nSPS) is 10.9. The minimum Gasteiger partial charge on any atom is -0.489 e. The number of hydrogen-bond acceptors (Lipinski definition) is 5. The van der Waals surface area contributed by atoms with Gasteiger partial charge in [0.2, 0.25) is 5.91 Å². The fourth-order valence-electron chi connectivity index (χ4n) is 2.08. The number of halogens is 1. The lowest BCUT2D eigenvalue weighted by molar-refractivity contribution is -0.114. The largest absolute Gasteiger partial charge is 0.489 e. The van der Waals surface area contributed by atoms with E-state index in [4.69, 9.17) is 9.47 Å². The summed E-state index contributed by atoms with van der Waals surface area (Å²) in [5, 5.41) is 4.93. The number of hydrogen-bond donors (Lipinski definition) is 2. The Morgan fingerprint density at radius 3 is 2.52 bits per heavy atom. The minimum atomic E-state index is -0.739. The number of rotatable bonds is 5. The van der Waals surface area contributed by atoms with E-state index in [0.29, 0.717) is 11.6 Å². The number of benzene rings is 1. The maximum absolute atomic E-state index is 14.2. The van der Waals surface area contributed by atoms with Gasteiger partial charge in [-0.15, -0.1) is 0 Å². The van der Waals surface area contributed by atoms with Crippen molar-refractivity contribution in [1.29, 1.82) is 0 Å². The zero-order valence-electron chi connectivity index (χ0n) is 15.6. The molecule has 7 nitrogen and oxygen atoms in total. The number of anilines is 2. The number of carbonyl (C=O) groups is 2.